The van der Waals surface area contributed by atoms with Gasteiger partial charge < -0.3 is 10.2 Å². The van der Waals surface area contributed by atoms with Crippen LogP contribution in [0.15, 0.2) is 24.3 Å². The number of rotatable bonds is 5. The van der Waals surface area contributed by atoms with Gasteiger partial charge in [0.1, 0.15) is 0 Å². The van der Waals surface area contributed by atoms with Gasteiger partial charge in [-0.1, -0.05) is 32.9 Å². The molecule has 1 aromatic carbocycles. The molecule has 0 radical (unpaired) electrons. The molecule has 1 saturated heterocycles. The fraction of sp³-hybridized carbons (Fsp3) is 0.571. The second-order valence-electron chi connectivity index (χ2n) is 8.29. The van der Waals surface area contributed by atoms with E-state index in [1.807, 2.05) is 43.9 Å². The van der Waals surface area contributed by atoms with E-state index in [-0.39, 0.29) is 23.1 Å². The van der Waals surface area contributed by atoms with Gasteiger partial charge in [-0.05, 0) is 31.4 Å². The van der Waals surface area contributed by atoms with E-state index in [0.717, 1.165) is 36.2 Å². The van der Waals surface area contributed by atoms with E-state index < -0.39 is 0 Å². The number of thiazole rings is 1. The Bertz CT molecular complexity index is 768. The number of fused-ring (bicyclic) bond motifs is 1. The second kappa shape index (κ2) is 8.38. The number of aromatic nitrogens is 1. The zero-order chi connectivity index (χ0) is 19.4. The third-order valence-corrected chi connectivity index (χ3v) is 6.10. The normalized spacial score (nSPS) is 15.9. The number of hydrogen-bond acceptors (Lipinski definition) is 4. The van der Waals surface area contributed by atoms with E-state index in [2.05, 4.69) is 16.4 Å². The van der Waals surface area contributed by atoms with Gasteiger partial charge in [-0.25, -0.2) is 4.98 Å². The van der Waals surface area contributed by atoms with Crippen LogP contribution in [0.4, 0.5) is 0 Å². The van der Waals surface area contributed by atoms with Crippen molar-refractivity contribution in [2.45, 2.75) is 46.5 Å². The third kappa shape index (κ3) is 5.06. The van der Waals surface area contributed by atoms with Gasteiger partial charge in [-0.2, -0.15) is 0 Å². The highest BCUT2D eigenvalue weighted by Crippen LogP contribution is 2.24. The summed E-state index contributed by atoms with van der Waals surface area (Å²) in [6.45, 7) is 7.87. The summed E-state index contributed by atoms with van der Waals surface area (Å²) >= 11 is 1.73. The summed E-state index contributed by atoms with van der Waals surface area (Å²) in [5.41, 5.74) is 0.702. The minimum atomic E-state index is -0.351. The van der Waals surface area contributed by atoms with E-state index >= 15 is 0 Å². The SMILES string of the molecule is CC(C)(C)C(=O)N1CCC(C(=O)NCCCc2nc3ccccc3s2)CC1. The minimum absolute atomic E-state index is 0.0245. The largest absolute Gasteiger partial charge is 0.356 e. The Morgan fingerprint density at radius 3 is 2.59 bits per heavy atom. The Morgan fingerprint density at radius 1 is 1.22 bits per heavy atom. The fourth-order valence-corrected chi connectivity index (χ4v) is 4.45. The van der Waals surface area contributed by atoms with Crippen LogP contribution < -0.4 is 5.32 Å². The lowest BCUT2D eigenvalue weighted by atomic mass is 9.90. The van der Waals surface area contributed by atoms with Crippen LogP contribution in [0.25, 0.3) is 10.2 Å². The highest BCUT2D eigenvalue weighted by Gasteiger charge is 2.32. The molecule has 1 aliphatic rings. The summed E-state index contributed by atoms with van der Waals surface area (Å²) in [4.78, 5) is 31.3. The molecule has 3 rings (SSSR count). The predicted octanol–water partition coefficient (Wildman–Crippen LogP) is 3.63. The number of nitrogens with one attached hydrogen (secondary N) is 1. The molecule has 1 fully saturated rings. The maximum atomic E-state index is 12.4. The molecule has 6 heteroatoms. The standard InChI is InChI=1S/C21H29N3O2S/c1-21(2,3)20(26)24-13-10-15(11-14-24)19(25)22-12-6-9-18-23-16-7-4-5-8-17(16)27-18/h4-5,7-8,15H,6,9-14H2,1-3H3,(H,22,25). The first kappa shape index (κ1) is 19.8. The smallest absolute Gasteiger partial charge is 0.227 e. The number of para-hydroxylation sites is 1. The summed E-state index contributed by atoms with van der Waals surface area (Å²) < 4.78 is 1.22. The molecule has 1 N–H and O–H groups in total. The van der Waals surface area contributed by atoms with Crippen LogP contribution in [0, 0.1) is 11.3 Å². The van der Waals surface area contributed by atoms with Crippen molar-refractivity contribution in [3.63, 3.8) is 0 Å². The number of benzene rings is 1. The first-order valence-corrected chi connectivity index (χ1v) is 10.6. The molecule has 0 atom stereocenters. The lowest BCUT2D eigenvalue weighted by molar-refractivity contribution is -0.142. The van der Waals surface area contributed by atoms with Gasteiger partial charge in [-0.3, -0.25) is 9.59 Å². The summed E-state index contributed by atoms with van der Waals surface area (Å²) in [5.74, 6) is 0.329. The van der Waals surface area contributed by atoms with E-state index in [0.29, 0.717) is 19.6 Å². The third-order valence-electron chi connectivity index (χ3n) is 5.00. The van der Waals surface area contributed by atoms with Gasteiger partial charge in [0, 0.05) is 37.4 Å². The first-order chi connectivity index (χ1) is 12.8. The average molecular weight is 388 g/mol. The zero-order valence-corrected chi connectivity index (χ0v) is 17.3. The number of nitrogens with zero attached hydrogens (tertiary/aromatic N) is 2. The molecule has 146 valence electrons. The number of likely N-dealkylation sites (tertiary alicyclic amines) is 1. The van der Waals surface area contributed by atoms with Gasteiger partial charge in [0.15, 0.2) is 0 Å². The van der Waals surface area contributed by atoms with Crippen molar-refractivity contribution < 1.29 is 9.59 Å². The molecule has 2 amide bonds. The predicted molar refractivity (Wildman–Crippen MR) is 110 cm³/mol. The van der Waals surface area contributed by atoms with Crippen LogP contribution in [0.1, 0.15) is 45.0 Å². The average Bonchev–Trinajstić information content (AvgIpc) is 3.06. The maximum absolute atomic E-state index is 12.4. The molecule has 0 aliphatic carbocycles. The second-order valence-corrected chi connectivity index (χ2v) is 9.40. The van der Waals surface area contributed by atoms with Crippen molar-refractivity contribution in [1.29, 1.82) is 0 Å². The van der Waals surface area contributed by atoms with Crippen molar-refractivity contribution in [3.05, 3.63) is 29.3 Å². The molecule has 27 heavy (non-hydrogen) atoms. The molecular formula is C21H29N3O2S. The van der Waals surface area contributed by atoms with Crippen LogP contribution in [0.2, 0.25) is 0 Å². The van der Waals surface area contributed by atoms with Crippen LogP contribution in [-0.2, 0) is 16.0 Å². The Labute approximate surface area is 165 Å². The van der Waals surface area contributed by atoms with Crippen molar-refractivity contribution in [2.75, 3.05) is 19.6 Å². The number of amides is 2. The summed E-state index contributed by atoms with van der Waals surface area (Å²) in [7, 11) is 0. The minimum Gasteiger partial charge on any atom is -0.356 e. The molecule has 0 unspecified atom stereocenters. The molecule has 1 aliphatic heterocycles. The van der Waals surface area contributed by atoms with Crippen molar-refractivity contribution >= 4 is 33.4 Å². The summed E-state index contributed by atoms with van der Waals surface area (Å²) in [6.07, 6.45) is 3.29. The van der Waals surface area contributed by atoms with E-state index in [1.54, 1.807) is 11.3 Å². The fourth-order valence-electron chi connectivity index (χ4n) is 3.44. The lowest BCUT2D eigenvalue weighted by Gasteiger charge is -2.35. The Morgan fingerprint density at radius 2 is 1.93 bits per heavy atom. The quantitative estimate of drug-likeness (QED) is 0.797. The van der Waals surface area contributed by atoms with E-state index in [9.17, 15) is 9.59 Å². The van der Waals surface area contributed by atoms with E-state index in [1.165, 1.54) is 4.70 Å². The number of piperidine rings is 1. The van der Waals surface area contributed by atoms with Crippen LogP contribution in [0.3, 0.4) is 0 Å². The molecule has 2 aromatic rings. The zero-order valence-electron chi connectivity index (χ0n) is 16.5. The Balaban J connectivity index is 1.38. The van der Waals surface area contributed by atoms with Gasteiger partial charge in [0.25, 0.3) is 0 Å². The molecule has 1 aromatic heterocycles. The van der Waals surface area contributed by atoms with Crippen LogP contribution >= 0.6 is 11.3 Å². The van der Waals surface area contributed by atoms with Crippen LogP contribution in [0.5, 0.6) is 0 Å². The maximum Gasteiger partial charge on any atom is 0.227 e. The molecular weight excluding hydrogens is 358 g/mol. The number of carbonyl (C=O) groups excluding carboxylic acids is 2. The van der Waals surface area contributed by atoms with Crippen LogP contribution in [-0.4, -0.2) is 41.3 Å². The lowest BCUT2D eigenvalue weighted by Crippen LogP contribution is -2.46. The number of aryl methyl sites for hydroxylation is 1. The van der Waals surface area contributed by atoms with Gasteiger partial charge in [0.2, 0.25) is 11.8 Å². The highest BCUT2D eigenvalue weighted by molar-refractivity contribution is 7.18. The molecule has 0 bridgehead atoms. The monoisotopic (exact) mass is 387 g/mol. The van der Waals surface area contributed by atoms with Gasteiger partial charge in [0.05, 0.1) is 15.2 Å². The van der Waals surface area contributed by atoms with Crippen molar-refractivity contribution in [1.82, 2.24) is 15.2 Å². The summed E-state index contributed by atoms with van der Waals surface area (Å²) in [6, 6.07) is 8.17. The number of hydrogen-bond donors (Lipinski definition) is 1. The molecule has 0 spiro atoms. The van der Waals surface area contributed by atoms with E-state index in [4.69, 9.17) is 0 Å². The topological polar surface area (TPSA) is 62.3 Å². The molecule has 5 nitrogen and oxygen atoms in total. The molecule has 2 heterocycles. The Hall–Kier alpha value is -1.95. The summed E-state index contributed by atoms with van der Waals surface area (Å²) in [5, 5.41) is 4.19. The first-order valence-electron chi connectivity index (χ1n) is 9.76. The molecule has 0 saturated carbocycles. The number of carbonyl (C=O) groups is 2. The van der Waals surface area contributed by atoms with Crippen molar-refractivity contribution in [3.8, 4) is 0 Å². The van der Waals surface area contributed by atoms with Crippen molar-refractivity contribution in [2.24, 2.45) is 11.3 Å². The highest BCUT2D eigenvalue weighted by atomic mass is 32.1. The van der Waals surface area contributed by atoms with Gasteiger partial charge >= 0.3 is 0 Å². The van der Waals surface area contributed by atoms with Gasteiger partial charge in [-0.15, -0.1) is 11.3 Å². The Kier molecular flexibility index (Phi) is 6.15.